The lowest BCUT2D eigenvalue weighted by Gasteiger charge is -2.08. The average molecular weight is 274 g/mol. The number of rotatable bonds is 5. The Morgan fingerprint density at radius 2 is 1.95 bits per heavy atom. The highest BCUT2D eigenvalue weighted by atomic mass is 19.2. The second kappa shape index (κ2) is 6.53. The molecule has 2 aromatic carbocycles. The molecule has 1 N–H and O–H groups in total. The van der Waals surface area contributed by atoms with E-state index in [0.717, 1.165) is 17.7 Å². The third-order valence-corrected chi connectivity index (χ3v) is 2.62. The summed E-state index contributed by atoms with van der Waals surface area (Å²) in [6.07, 6.45) is 0. The van der Waals surface area contributed by atoms with Gasteiger partial charge in [0, 0.05) is 18.3 Å². The molecule has 3 nitrogen and oxygen atoms in total. The molecule has 0 unspecified atom stereocenters. The van der Waals surface area contributed by atoms with Crippen molar-refractivity contribution in [3.63, 3.8) is 0 Å². The van der Waals surface area contributed by atoms with Gasteiger partial charge in [0.05, 0.1) is 0 Å². The number of nitrogens with zero attached hydrogens (tertiary/aromatic N) is 1. The molecule has 0 bridgehead atoms. The molecular formula is C15H12F2N2O. The molecule has 5 heteroatoms. The minimum atomic E-state index is -0.888. The summed E-state index contributed by atoms with van der Waals surface area (Å²) in [5.41, 5.74) is 1.40. The van der Waals surface area contributed by atoms with Crippen LogP contribution in [0.4, 0.5) is 14.5 Å². The Balaban J connectivity index is 1.99. The van der Waals surface area contributed by atoms with Crippen molar-refractivity contribution in [3.8, 4) is 11.8 Å². The van der Waals surface area contributed by atoms with E-state index in [1.807, 2.05) is 12.1 Å². The summed E-state index contributed by atoms with van der Waals surface area (Å²) in [7, 11) is 0. The van der Waals surface area contributed by atoms with Gasteiger partial charge in [-0.3, -0.25) is 0 Å². The monoisotopic (exact) mass is 274 g/mol. The van der Waals surface area contributed by atoms with Gasteiger partial charge in [0.25, 0.3) is 0 Å². The number of anilines is 1. The highest BCUT2D eigenvalue weighted by Crippen LogP contribution is 2.17. The minimum Gasteiger partial charge on any atom is -0.479 e. The van der Waals surface area contributed by atoms with Gasteiger partial charge in [-0.2, -0.15) is 5.26 Å². The molecule has 0 atom stereocenters. The van der Waals surface area contributed by atoms with E-state index in [9.17, 15) is 8.78 Å². The molecule has 0 fully saturated rings. The summed E-state index contributed by atoms with van der Waals surface area (Å²) in [5.74, 6) is -1.17. The van der Waals surface area contributed by atoms with E-state index in [1.54, 1.807) is 18.2 Å². The number of benzene rings is 2. The van der Waals surface area contributed by atoms with Crippen LogP contribution in [0.25, 0.3) is 0 Å². The molecule has 20 heavy (non-hydrogen) atoms. The molecule has 0 aromatic heterocycles. The van der Waals surface area contributed by atoms with Crippen LogP contribution < -0.4 is 10.1 Å². The largest absolute Gasteiger partial charge is 0.479 e. The smallest absolute Gasteiger partial charge is 0.174 e. The standard InChI is InChI=1S/C15H12F2N2O/c16-14-5-4-12(9-15(14)17)19-10-11-2-1-3-13(8-11)20-7-6-18/h1-5,8-9,19H,7,10H2. The van der Waals surface area contributed by atoms with Crippen molar-refractivity contribution >= 4 is 5.69 Å². The first-order valence-electron chi connectivity index (χ1n) is 5.96. The maximum absolute atomic E-state index is 13.0. The van der Waals surface area contributed by atoms with Crippen LogP contribution in [-0.2, 0) is 6.54 Å². The molecule has 0 aliphatic rings. The lowest BCUT2D eigenvalue weighted by atomic mass is 10.2. The van der Waals surface area contributed by atoms with Crippen LogP contribution in [0.15, 0.2) is 42.5 Å². The first-order valence-corrected chi connectivity index (χ1v) is 5.96. The second-order valence-corrected chi connectivity index (χ2v) is 4.08. The fourth-order valence-electron chi connectivity index (χ4n) is 1.67. The van der Waals surface area contributed by atoms with E-state index >= 15 is 0 Å². The normalized spacial score (nSPS) is 9.85. The Morgan fingerprint density at radius 1 is 1.10 bits per heavy atom. The zero-order valence-corrected chi connectivity index (χ0v) is 10.6. The average Bonchev–Trinajstić information content (AvgIpc) is 2.47. The molecule has 0 heterocycles. The molecule has 2 rings (SSSR count). The van der Waals surface area contributed by atoms with Gasteiger partial charge in [0.2, 0.25) is 0 Å². The summed E-state index contributed by atoms with van der Waals surface area (Å²) in [6, 6.07) is 12.7. The molecule has 0 amide bonds. The van der Waals surface area contributed by atoms with Gasteiger partial charge in [0.1, 0.15) is 11.8 Å². The molecule has 0 saturated heterocycles. The summed E-state index contributed by atoms with van der Waals surface area (Å²) in [4.78, 5) is 0. The van der Waals surface area contributed by atoms with Gasteiger partial charge in [-0.05, 0) is 29.8 Å². The van der Waals surface area contributed by atoms with Gasteiger partial charge in [-0.15, -0.1) is 0 Å². The molecular weight excluding hydrogens is 262 g/mol. The molecule has 0 spiro atoms. The topological polar surface area (TPSA) is 45.0 Å². The van der Waals surface area contributed by atoms with Crippen molar-refractivity contribution in [1.29, 1.82) is 5.26 Å². The van der Waals surface area contributed by atoms with Gasteiger partial charge in [0.15, 0.2) is 18.2 Å². The lowest BCUT2D eigenvalue weighted by Crippen LogP contribution is -2.01. The Kier molecular flexibility index (Phi) is 4.51. The fraction of sp³-hybridized carbons (Fsp3) is 0.133. The van der Waals surface area contributed by atoms with Crippen molar-refractivity contribution in [2.45, 2.75) is 6.54 Å². The minimum absolute atomic E-state index is 0.0138. The summed E-state index contributed by atoms with van der Waals surface area (Å²) in [5, 5.41) is 11.4. The van der Waals surface area contributed by atoms with E-state index in [2.05, 4.69) is 5.32 Å². The predicted molar refractivity (Wildman–Crippen MR) is 71.2 cm³/mol. The molecule has 2 aromatic rings. The third-order valence-electron chi connectivity index (χ3n) is 2.62. The number of hydrogen-bond donors (Lipinski definition) is 1. The predicted octanol–water partition coefficient (Wildman–Crippen LogP) is 3.48. The Hall–Kier alpha value is -2.61. The Morgan fingerprint density at radius 3 is 2.70 bits per heavy atom. The summed E-state index contributed by atoms with van der Waals surface area (Å²) < 4.78 is 31.0. The van der Waals surface area contributed by atoms with E-state index < -0.39 is 11.6 Å². The highest BCUT2D eigenvalue weighted by molar-refractivity contribution is 5.44. The zero-order chi connectivity index (χ0) is 14.4. The number of hydrogen-bond acceptors (Lipinski definition) is 3. The van der Waals surface area contributed by atoms with Crippen LogP contribution in [0.5, 0.6) is 5.75 Å². The molecule has 0 radical (unpaired) electrons. The van der Waals surface area contributed by atoms with Gasteiger partial charge >= 0.3 is 0 Å². The van der Waals surface area contributed by atoms with Crippen molar-refractivity contribution < 1.29 is 13.5 Å². The molecule has 102 valence electrons. The third kappa shape index (κ3) is 3.69. The van der Waals surface area contributed by atoms with Crippen LogP contribution >= 0.6 is 0 Å². The quantitative estimate of drug-likeness (QED) is 0.907. The molecule has 0 aliphatic heterocycles. The van der Waals surface area contributed by atoms with Crippen LogP contribution in [0, 0.1) is 23.0 Å². The maximum Gasteiger partial charge on any atom is 0.174 e. The lowest BCUT2D eigenvalue weighted by molar-refractivity contribution is 0.368. The first kappa shape index (κ1) is 13.8. The second-order valence-electron chi connectivity index (χ2n) is 4.08. The van der Waals surface area contributed by atoms with Crippen molar-refractivity contribution in [2.24, 2.45) is 0 Å². The number of ether oxygens (including phenoxy) is 1. The first-order chi connectivity index (χ1) is 9.69. The number of nitrogens with one attached hydrogen (secondary N) is 1. The van der Waals surface area contributed by atoms with Gasteiger partial charge < -0.3 is 10.1 Å². The zero-order valence-electron chi connectivity index (χ0n) is 10.6. The van der Waals surface area contributed by atoms with Gasteiger partial charge in [-0.25, -0.2) is 8.78 Å². The highest BCUT2D eigenvalue weighted by Gasteiger charge is 2.02. The molecule has 0 aliphatic carbocycles. The van der Waals surface area contributed by atoms with Crippen molar-refractivity contribution in [3.05, 3.63) is 59.7 Å². The van der Waals surface area contributed by atoms with Crippen LogP contribution in [0.3, 0.4) is 0 Å². The molecule has 0 saturated carbocycles. The van der Waals surface area contributed by atoms with Crippen molar-refractivity contribution in [1.82, 2.24) is 0 Å². The van der Waals surface area contributed by atoms with Crippen LogP contribution in [0.1, 0.15) is 5.56 Å². The van der Waals surface area contributed by atoms with Crippen LogP contribution in [-0.4, -0.2) is 6.61 Å². The number of halogens is 2. The van der Waals surface area contributed by atoms with E-state index in [-0.39, 0.29) is 6.61 Å². The van der Waals surface area contributed by atoms with Gasteiger partial charge in [-0.1, -0.05) is 12.1 Å². The van der Waals surface area contributed by atoms with E-state index in [4.69, 9.17) is 10.00 Å². The Bertz CT molecular complexity index is 638. The fourth-order valence-corrected chi connectivity index (χ4v) is 1.67. The summed E-state index contributed by atoms with van der Waals surface area (Å²) in [6.45, 7) is 0.425. The number of nitriles is 1. The SMILES string of the molecule is N#CCOc1cccc(CNc2ccc(F)c(F)c2)c1. The van der Waals surface area contributed by atoms with E-state index in [0.29, 0.717) is 18.0 Å². The van der Waals surface area contributed by atoms with Crippen molar-refractivity contribution in [2.75, 3.05) is 11.9 Å². The van der Waals surface area contributed by atoms with Crippen LogP contribution in [0.2, 0.25) is 0 Å². The Labute approximate surface area is 115 Å². The van der Waals surface area contributed by atoms with E-state index in [1.165, 1.54) is 6.07 Å². The maximum atomic E-state index is 13.0. The summed E-state index contributed by atoms with van der Waals surface area (Å²) >= 11 is 0.